The van der Waals surface area contributed by atoms with E-state index in [2.05, 4.69) is 76.9 Å². The fourth-order valence-electron chi connectivity index (χ4n) is 1.13. The molecule has 0 atom stereocenters. The summed E-state index contributed by atoms with van der Waals surface area (Å²) < 4.78 is 0.258. The van der Waals surface area contributed by atoms with E-state index in [9.17, 15) is 0 Å². The third-order valence-corrected chi connectivity index (χ3v) is 3.09. The van der Waals surface area contributed by atoms with Crippen molar-refractivity contribution in [1.29, 1.82) is 0 Å². The maximum absolute atomic E-state index is 3.47. The van der Waals surface area contributed by atoms with E-state index in [4.69, 9.17) is 0 Å². The molecule has 0 saturated heterocycles. The first-order chi connectivity index (χ1) is 5.91. The third kappa shape index (κ3) is 3.10. The standard InChI is InChI=1S/C11H14Br2/c1-11(2,3)9-6-4-8(5-7-9)10(12)13/h4-7,10H,1-3H3. The van der Waals surface area contributed by atoms with E-state index in [1.165, 1.54) is 11.1 Å². The Labute approximate surface area is 97.0 Å². The second-order valence-corrected chi connectivity index (χ2v) is 7.23. The Kier molecular flexibility index (Phi) is 3.58. The molecule has 72 valence electrons. The molecule has 2 heteroatoms. The second-order valence-electron chi connectivity index (χ2n) is 4.17. The van der Waals surface area contributed by atoms with Crippen molar-refractivity contribution in [3.8, 4) is 0 Å². The fraction of sp³-hybridized carbons (Fsp3) is 0.455. The first kappa shape index (κ1) is 11.3. The maximum atomic E-state index is 3.47. The third-order valence-electron chi connectivity index (χ3n) is 2.03. The van der Waals surface area contributed by atoms with Crippen molar-refractivity contribution in [2.45, 2.75) is 29.9 Å². The molecule has 13 heavy (non-hydrogen) atoms. The summed E-state index contributed by atoms with van der Waals surface area (Å²) in [5, 5.41) is 0. The van der Waals surface area contributed by atoms with E-state index < -0.39 is 0 Å². The van der Waals surface area contributed by atoms with E-state index in [0.717, 1.165) is 0 Å². The molecular formula is C11H14Br2. The van der Waals surface area contributed by atoms with E-state index in [0.29, 0.717) is 0 Å². The number of rotatable bonds is 1. The summed E-state index contributed by atoms with van der Waals surface area (Å²) in [5.74, 6) is 0. The molecular weight excluding hydrogens is 292 g/mol. The molecule has 0 unspecified atom stereocenters. The topological polar surface area (TPSA) is 0 Å². The van der Waals surface area contributed by atoms with Crippen LogP contribution in [-0.2, 0) is 5.41 Å². The number of halogens is 2. The van der Waals surface area contributed by atoms with Crippen LogP contribution in [0.4, 0.5) is 0 Å². The van der Waals surface area contributed by atoms with Crippen molar-refractivity contribution in [1.82, 2.24) is 0 Å². The lowest BCUT2D eigenvalue weighted by molar-refractivity contribution is 0.590. The number of hydrogen-bond acceptors (Lipinski definition) is 0. The van der Waals surface area contributed by atoms with Gasteiger partial charge in [0.25, 0.3) is 0 Å². The van der Waals surface area contributed by atoms with Crippen LogP contribution in [0.15, 0.2) is 24.3 Å². The Morgan fingerprint density at radius 1 is 1.00 bits per heavy atom. The normalized spacial score (nSPS) is 12.2. The number of alkyl halides is 2. The molecule has 0 aliphatic heterocycles. The van der Waals surface area contributed by atoms with Gasteiger partial charge < -0.3 is 0 Å². The number of hydrogen-bond donors (Lipinski definition) is 0. The lowest BCUT2D eigenvalue weighted by Gasteiger charge is -2.19. The van der Waals surface area contributed by atoms with Crippen LogP contribution in [0.25, 0.3) is 0 Å². The molecule has 0 aliphatic carbocycles. The second kappa shape index (κ2) is 4.14. The molecule has 0 bridgehead atoms. The van der Waals surface area contributed by atoms with Gasteiger partial charge >= 0.3 is 0 Å². The number of benzene rings is 1. The van der Waals surface area contributed by atoms with Crippen molar-refractivity contribution >= 4 is 31.9 Å². The van der Waals surface area contributed by atoms with Crippen molar-refractivity contribution in [3.63, 3.8) is 0 Å². The monoisotopic (exact) mass is 304 g/mol. The average Bonchev–Trinajstić information content (AvgIpc) is 2.03. The van der Waals surface area contributed by atoms with Gasteiger partial charge in [0.2, 0.25) is 0 Å². The van der Waals surface area contributed by atoms with Crippen LogP contribution in [0.2, 0.25) is 0 Å². The van der Waals surface area contributed by atoms with Crippen molar-refractivity contribution < 1.29 is 0 Å². The van der Waals surface area contributed by atoms with E-state index in [1.54, 1.807) is 0 Å². The molecule has 0 heterocycles. The zero-order chi connectivity index (χ0) is 10.1. The Bertz CT molecular complexity index is 267. The van der Waals surface area contributed by atoms with Gasteiger partial charge in [0, 0.05) is 0 Å². The van der Waals surface area contributed by atoms with Gasteiger partial charge in [-0.3, -0.25) is 0 Å². The van der Waals surface area contributed by atoms with Gasteiger partial charge in [-0.15, -0.1) is 0 Å². The highest BCUT2D eigenvalue weighted by Gasteiger charge is 2.13. The minimum Gasteiger partial charge on any atom is -0.0712 e. The van der Waals surface area contributed by atoms with Gasteiger partial charge in [0.05, 0.1) is 3.74 Å². The molecule has 1 rings (SSSR count). The molecule has 0 aromatic heterocycles. The van der Waals surface area contributed by atoms with Crippen LogP contribution in [0, 0.1) is 0 Å². The largest absolute Gasteiger partial charge is 0.0946 e. The molecule has 0 saturated carbocycles. The van der Waals surface area contributed by atoms with E-state index in [-0.39, 0.29) is 9.15 Å². The minimum absolute atomic E-state index is 0.243. The zero-order valence-corrected chi connectivity index (χ0v) is 11.3. The van der Waals surface area contributed by atoms with Crippen molar-refractivity contribution in [2.24, 2.45) is 0 Å². The lowest BCUT2D eigenvalue weighted by Crippen LogP contribution is -2.10. The molecule has 0 amide bonds. The quantitative estimate of drug-likeness (QED) is 0.655. The minimum atomic E-state index is 0.243. The Morgan fingerprint density at radius 2 is 1.46 bits per heavy atom. The first-order valence-corrected chi connectivity index (χ1v) is 6.13. The Morgan fingerprint density at radius 3 is 1.77 bits per heavy atom. The summed E-state index contributed by atoms with van der Waals surface area (Å²) in [7, 11) is 0. The summed E-state index contributed by atoms with van der Waals surface area (Å²) >= 11 is 6.95. The molecule has 0 spiro atoms. The highest BCUT2D eigenvalue weighted by molar-refractivity contribution is 9.24. The predicted octanol–water partition coefficient (Wildman–Crippen LogP) is 4.77. The highest BCUT2D eigenvalue weighted by atomic mass is 79.9. The SMILES string of the molecule is CC(C)(C)c1ccc(C(Br)Br)cc1. The predicted molar refractivity (Wildman–Crippen MR) is 65.7 cm³/mol. The highest BCUT2D eigenvalue weighted by Crippen LogP contribution is 2.30. The van der Waals surface area contributed by atoms with Gasteiger partial charge in [-0.05, 0) is 16.5 Å². The van der Waals surface area contributed by atoms with Gasteiger partial charge in [-0.25, -0.2) is 0 Å². The smallest absolute Gasteiger partial charge is 0.0712 e. The molecule has 1 aromatic rings. The van der Waals surface area contributed by atoms with E-state index in [1.807, 2.05) is 0 Å². The molecule has 0 nitrogen and oxygen atoms in total. The van der Waals surface area contributed by atoms with Gasteiger partial charge in [0.1, 0.15) is 0 Å². The molecule has 0 N–H and O–H groups in total. The zero-order valence-electron chi connectivity index (χ0n) is 8.14. The molecule has 0 aliphatic rings. The van der Waals surface area contributed by atoms with Crippen molar-refractivity contribution in [3.05, 3.63) is 35.4 Å². The van der Waals surface area contributed by atoms with Gasteiger partial charge in [-0.2, -0.15) is 0 Å². The van der Waals surface area contributed by atoms with Crippen molar-refractivity contribution in [2.75, 3.05) is 0 Å². The Balaban J connectivity index is 2.94. The maximum Gasteiger partial charge on any atom is 0.0946 e. The van der Waals surface area contributed by atoms with Crippen LogP contribution in [-0.4, -0.2) is 0 Å². The van der Waals surface area contributed by atoms with Crippen LogP contribution in [0.3, 0.4) is 0 Å². The van der Waals surface area contributed by atoms with E-state index >= 15 is 0 Å². The summed E-state index contributed by atoms with van der Waals surface area (Å²) in [6.45, 7) is 6.67. The van der Waals surface area contributed by atoms with Gasteiger partial charge in [0.15, 0.2) is 0 Å². The van der Waals surface area contributed by atoms with Gasteiger partial charge in [-0.1, -0.05) is 76.9 Å². The van der Waals surface area contributed by atoms with Crippen LogP contribution in [0.1, 0.15) is 35.6 Å². The average molecular weight is 306 g/mol. The molecule has 1 aromatic carbocycles. The summed E-state index contributed by atoms with van der Waals surface area (Å²) in [6, 6.07) is 8.67. The fourth-order valence-corrected chi connectivity index (χ4v) is 1.74. The summed E-state index contributed by atoms with van der Waals surface area (Å²) in [4.78, 5) is 0. The van der Waals surface area contributed by atoms with Crippen LogP contribution < -0.4 is 0 Å². The summed E-state index contributed by atoms with van der Waals surface area (Å²) in [6.07, 6.45) is 0. The van der Waals surface area contributed by atoms with Crippen LogP contribution >= 0.6 is 31.9 Å². The molecule has 0 fully saturated rings. The first-order valence-electron chi connectivity index (χ1n) is 4.30. The summed E-state index contributed by atoms with van der Waals surface area (Å²) in [5.41, 5.74) is 2.87. The lowest BCUT2D eigenvalue weighted by atomic mass is 9.87. The molecule has 0 radical (unpaired) electrons. The van der Waals surface area contributed by atoms with Crippen LogP contribution in [0.5, 0.6) is 0 Å². The Hall–Kier alpha value is 0.180.